The monoisotopic (exact) mass is 400 g/mol. The first-order chi connectivity index (χ1) is 14.5. The highest BCUT2D eigenvalue weighted by Crippen LogP contribution is 2.20. The molecule has 2 N–H and O–H groups in total. The molecular weight excluding hydrogens is 376 g/mol. The summed E-state index contributed by atoms with van der Waals surface area (Å²) in [5, 5.41) is 5.68. The fraction of sp³-hybridized carbons (Fsp3) is 0.120. The van der Waals surface area contributed by atoms with Crippen LogP contribution in [0.5, 0.6) is 5.75 Å². The van der Waals surface area contributed by atoms with E-state index in [4.69, 9.17) is 4.74 Å². The lowest BCUT2D eigenvalue weighted by Gasteiger charge is -2.13. The molecule has 0 aromatic heterocycles. The molecule has 0 heterocycles. The Morgan fingerprint density at radius 1 is 0.767 bits per heavy atom. The summed E-state index contributed by atoms with van der Waals surface area (Å²) in [6.07, 6.45) is 1.56. The van der Waals surface area contributed by atoms with Gasteiger partial charge in [-0.25, -0.2) is 0 Å². The van der Waals surface area contributed by atoms with Gasteiger partial charge in [-0.2, -0.15) is 0 Å². The van der Waals surface area contributed by atoms with Gasteiger partial charge in [-0.1, -0.05) is 48.5 Å². The number of para-hydroxylation sites is 2. The molecule has 152 valence electrons. The van der Waals surface area contributed by atoms with Gasteiger partial charge in [0.25, 0.3) is 11.8 Å². The second kappa shape index (κ2) is 9.56. The number of carbonyl (C=O) groups excluding carboxylic acids is 2. The van der Waals surface area contributed by atoms with Crippen molar-refractivity contribution in [1.29, 1.82) is 0 Å². The van der Waals surface area contributed by atoms with Gasteiger partial charge >= 0.3 is 0 Å². The number of methoxy groups -OCH3 is 1. The Balaban J connectivity index is 1.96. The Bertz CT molecular complexity index is 1040. The Hall–Kier alpha value is -3.86. The molecule has 0 radical (unpaired) electrons. The third-order valence-corrected chi connectivity index (χ3v) is 4.68. The summed E-state index contributed by atoms with van der Waals surface area (Å²) in [7, 11) is 1.57. The summed E-state index contributed by atoms with van der Waals surface area (Å²) < 4.78 is 5.25. The van der Waals surface area contributed by atoms with Crippen LogP contribution < -0.4 is 15.4 Å². The Morgan fingerprint density at radius 3 is 1.80 bits per heavy atom. The average Bonchev–Trinajstić information content (AvgIpc) is 2.75. The minimum absolute atomic E-state index is 0.00485. The smallest absolute Gasteiger partial charge is 0.261 e. The van der Waals surface area contributed by atoms with Crippen molar-refractivity contribution < 1.29 is 14.3 Å². The zero-order valence-corrected chi connectivity index (χ0v) is 17.2. The number of ether oxygens (including phenoxy) is 1. The van der Waals surface area contributed by atoms with Crippen LogP contribution in [0.1, 0.15) is 16.7 Å². The maximum absolute atomic E-state index is 13.1. The molecule has 0 atom stereocenters. The zero-order chi connectivity index (χ0) is 21.5. The highest BCUT2D eigenvalue weighted by atomic mass is 16.5. The van der Waals surface area contributed by atoms with Gasteiger partial charge in [0.05, 0.1) is 7.11 Å². The van der Waals surface area contributed by atoms with E-state index in [1.165, 1.54) is 0 Å². The molecule has 0 fully saturated rings. The SMILES string of the molecule is COc1cccc(C=C(C(=O)Nc2ccccc2C)C(=O)Nc2ccccc2C)c1. The van der Waals surface area contributed by atoms with Crippen LogP contribution >= 0.6 is 0 Å². The first-order valence-corrected chi connectivity index (χ1v) is 9.57. The number of rotatable bonds is 6. The molecule has 0 aliphatic heterocycles. The summed E-state index contributed by atoms with van der Waals surface area (Å²) in [5.41, 5.74) is 3.81. The first-order valence-electron chi connectivity index (χ1n) is 9.57. The van der Waals surface area contributed by atoms with Crippen molar-refractivity contribution in [3.8, 4) is 5.75 Å². The molecule has 0 spiro atoms. The summed E-state index contributed by atoms with van der Waals surface area (Å²) >= 11 is 0. The topological polar surface area (TPSA) is 67.4 Å². The lowest BCUT2D eigenvalue weighted by molar-refractivity contribution is -0.118. The van der Waals surface area contributed by atoms with Crippen molar-refractivity contribution in [2.75, 3.05) is 17.7 Å². The van der Waals surface area contributed by atoms with Gasteiger partial charge in [-0.15, -0.1) is 0 Å². The van der Waals surface area contributed by atoms with E-state index in [1.54, 1.807) is 43.5 Å². The third kappa shape index (κ3) is 5.14. The summed E-state index contributed by atoms with van der Waals surface area (Å²) in [5.74, 6) is -0.335. The Kier molecular flexibility index (Phi) is 6.65. The van der Waals surface area contributed by atoms with Crippen LogP contribution in [-0.4, -0.2) is 18.9 Å². The lowest BCUT2D eigenvalue weighted by Crippen LogP contribution is -2.25. The molecule has 3 rings (SSSR count). The molecule has 0 aliphatic carbocycles. The highest BCUT2D eigenvalue weighted by Gasteiger charge is 2.20. The second-order valence-electron chi connectivity index (χ2n) is 6.87. The molecular formula is C25H24N2O3. The molecule has 0 bridgehead atoms. The van der Waals surface area contributed by atoms with Gasteiger partial charge in [-0.3, -0.25) is 9.59 Å². The molecule has 0 saturated heterocycles. The van der Waals surface area contributed by atoms with E-state index < -0.39 is 11.8 Å². The number of nitrogens with one attached hydrogen (secondary N) is 2. The Labute approximate surface area is 176 Å². The van der Waals surface area contributed by atoms with Crippen molar-refractivity contribution >= 4 is 29.3 Å². The molecule has 3 aromatic carbocycles. The first kappa shape index (κ1) is 20.9. The normalized spacial score (nSPS) is 10.1. The Morgan fingerprint density at radius 2 is 1.30 bits per heavy atom. The second-order valence-corrected chi connectivity index (χ2v) is 6.87. The van der Waals surface area contributed by atoms with Crippen molar-refractivity contribution in [1.82, 2.24) is 0 Å². The van der Waals surface area contributed by atoms with Crippen LogP contribution in [0.3, 0.4) is 0 Å². The molecule has 0 unspecified atom stereocenters. The average molecular weight is 400 g/mol. The minimum atomic E-state index is -0.488. The van der Waals surface area contributed by atoms with Crippen molar-refractivity contribution in [2.24, 2.45) is 0 Å². The van der Waals surface area contributed by atoms with Gasteiger partial charge in [0, 0.05) is 11.4 Å². The van der Waals surface area contributed by atoms with E-state index in [2.05, 4.69) is 10.6 Å². The number of hydrogen-bond acceptors (Lipinski definition) is 3. The van der Waals surface area contributed by atoms with Crippen molar-refractivity contribution in [2.45, 2.75) is 13.8 Å². The zero-order valence-electron chi connectivity index (χ0n) is 17.2. The fourth-order valence-corrected chi connectivity index (χ4v) is 2.94. The molecule has 0 aliphatic rings. The van der Waals surface area contributed by atoms with Crippen LogP contribution in [0.15, 0.2) is 78.4 Å². The van der Waals surface area contributed by atoms with Crippen molar-refractivity contribution in [3.63, 3.8) is 0 Å². The van der Waals surface area contributed by atoms with E-state index in [9.17, 15) is 9.59 Å². The van der Waals surface area contributed by atoms with Gasteiger partial charge in [0.15, 0.2) is 0 Å². The van der Waals surface area contributed by atoms with Gasteiger partial charge in [-0.05, 0) is 60.9 Å². The quantitative estimate of drug-likeness (QED) is 0.349. The standard InChI is InChI=1S/C25H24N2O3/c1-17-9-4-6-13-22(17)26-24(28)21(16-19-11-8-12-20(15-19)30-3)25(29)27-23-14-7-5-10-18(23)2/h4-16H,1-3H3,(H,26,28)(H,27,29). The lowest BCUT2D eigenvalue weighted by atomic mass is 10.1. The number of anilines is 2. The molecule has 5 heteroatoms. The van der Waals surface area contributed by atoms with Crippen LogP contribution in [-0.2, 0) is 9.59 Å². The maximum Gasteiger partial charge on any atom is 0.261 e. The van der Waals surface area contributed by atoms with E-state index in [-0.39, 0.29) is 5.57 Å². The summed E-state index contributed by atoms with van der Waals surface area (Å²) in [4.78, 5) is 26.1. The predicted octanol–water partition coefficient (Wildman–Crippen LogP) is 4.97. The number of hydrogen-bond donors (Lipinski definition) is 2. The number of amides is 2. The van der Waals surface area contributed by atoms with Crippen LogP contribution in [0.2, 0.25) is 0 Å². The fourth-order valence-electron chi connectivity index (χ4n) is 2.94. The van der Waals surface area contributed by atoms with Gasteiger partial charge in [0.1, 0.15) is 11.3 Å². The molecule has 2 amide bonds. The minimum Gasteiger partial charge on any atom is -0.497 e. The van der Waals surface area contributed by atoms with Crippen LogP contribution in [0, 0.1) is 13.8 Å². The summed E-state index contributed by atoms with van der Waals surface area (Å²) in [6, 6.07) is 22.0. The predicted molar refractivity (Wildman–Crippen MR) is 121 cm³/mol. The molecule has 0 saturated carbocycles. The highest BCUT2D eigenvalue weighted by molar-refractivity contribution is 6.29. The number of carbonyl (C=O) groups is 2. The van der Waals surface area contributed by atoms with Crippen LogP contribution in [0.4, 0.5) is 11.4 Å². The van der Waals surface area contributed by atoms with Gasteiger partial charge in [0.2, 0.25) is 0 Å². The number of benzene rings is 3. The van der Waals surface area contributed by atoms with E-state index in [0.717, 1.165) is 11.1 Å². The molecule has 3 aromatic rings. The van der Waals surface area contributed by atoms with E-state index in [0.29, 0.717) is 22.7 Å². The van der Waals surface area contributed by atoms with Crippen molar-refractivity contribution in [3.05, 3.63) is 95.1 Å². The molecule has 5 nitrogen and oxygen atoms in total. The largest absolute Gasteiger partial charge is 0.497 e. The third-order valence-electron chi connectivity index (χ3n) is 4.68. The number of aryl methyl sites for hydroxylation is 2. The molecule has 30 heavy (non-hydrogen) atoms. The summed E-state index contributed by atoms with van der Waals surface area (Å²) in [6.45, 7) is 3.79. The van der Waals surface area contributed by atoms with E-state index >= 15 is 0 Å². The van der Waals surface area contributed by atoms with Crippen LogP contribution in [0.25, 0.3) is 6.08 Å². The van der Waals surface area contributed by atoms with E-state index in [1.807, 2.05) is 56.3 Å². The van der Waals surface area contributed by atoms with Gasteiger partial charge < -0.3 is 15.4 Å². The maximum atomic E-state index is 13.1.